The number of carboxylic acid groups (broad SMARTS) is 1. The van der Waals surface area contributed by atoms with Crippen LogP contribution in [0.5, 0.6) is 0 Å². The molecule has 1 aliphatic heterocycles. The van der Waals surface area contributed by atoms with Crippen molar-refractivity contribution in [2.45, 2.75) is 12.7 Å². The lowest BCUT2D eigenvalue weighted by molar-refractivity contribution is -0.131. The molecule has 4 N–H and O–H groups in total. The molecule has 1 aliphatic rings. The summed E-state index contributed by atoms with van der Waals surface area (Å²) in [4.78, 5) is 10.8. The standard InChI is InChI=1S/C15H15N3O3/c1-10(9-14(19)20)16-15(13-7-4-8-21-13)17-11-5-2-3-6-12(11)18-15/h2-9,16-18H,1H3,(H,19,20)/b10-9-. The van der Waals surface area contributed by atoms with Crippen LogP contribution in [0.4, 0.5) is 11.4 Å². The molecule has 1 aromatic heterocycles. The number of para-hydroxylation sites is 2. The minimum absolute atomic E-state index is 0.492. The number of rotatable bonds is 4. The molecular formula is C15H15N3O3. The van der Waals surface area contributed by atoms with Gasteiger partial charge in [-0.3, -0.25) is 0 Å². The Kier molecular flexibility index (Phi) is 3.06. The zero-order valence-corrected chi connectivity index (χ0v) is 11.4. The molecule has 0 spiro atoms. The number of furan rings is 1. The lowest BCUT2D eigenvalue weighted by Gasteiger charge is -2.31. The molecule has 6 heteroatoms. The van der Waals surface area contributed by atoms with E-state index in [4.69, 9.17) is 9.52 Å². The minimum Gasteiger partial charge on any atom is -0.478 e. The number of aliphatic carboxylic acids is 1. The fourth-order valence-electron chi connectivity index (χ4n) is 2.39. The first kappa shape index (κ1) is 13.1. The van der Waals surface area contributed by atoms with E-state index in [0.717, 1.165) is 17.5 Å². The lowest BCUT2D eigenvalue weighted by Crippen LogP contribution is -2.51. The molecule has 6 nitrogen and oxygen atoms in total. The topological polar surface area (TPSA) is 86.5 Å². The molecule has 2 aromatic rings. The molecule has 0 unspecified atom stereocenters. The Bertz CT molecular complexity index is 667. The van der Waals surface area contributed by atoms with Gasteiger partial charge in [0, 0.05) is 11.8 Å². The molecule has 0 fully saturated rings. The van der Waals surface area contributed by atoms with Gasteiger partial charge < -0.3 is 25.5 Å². The predicted molar refractivity (Wildman–Crippen MR) is 78.6 cm³/mol. The third-order valence-electron chi connectivity index (χ3n) is 3.19. The SMILES string of the molecule is C/C(=C/C(=O)O)NC1(c2ccco2)Nc2ccccc2N1. The van der Waals surface area contributed by atoms with Gasteiger partial charge >= 0.3 is 5.97 Å². The normalized spacial score (nSPS) is 15.8. The number of carboxylic acids is 1. The van der Waals surface area contributed by atoms with E-state index in [1.165, 1.54) is 0 Å². The van der Waals surface area contributed by atoms with Crippen LogP contribution >= 0.6 is 0 Å². The fraction of sp³-hybridized carbons (Fsp3) is 0.133. The number of benzene rings is 1. The number of nitrogens with one attached hydrogen (secondary N) is 3. The molecule has 0 aliphatic carbocycles. The Balaban J connectivity index is 1.98. The Morgan fingerprint density at radius 3 is 2.43 bits per heavy atom. The Morgan fingerprint density at radius 2 is 1.90 bits per heavy atom. The van der Waals surface area contributed by atoms with Gasteiger partial charge in [0.1, 0.15) is 0 Å². The molecule has 0 saturated heterocycles. The van der Waals surface area contributed by atoms with Crippen LogP contribution in [0.25, 0.3) is 0 Å². The molecule has 3 rings (SSSR count). The minimum atomic E-state index is -1.01. The van der Waals surface area contributed by atoms with Crippen LogP contribution in [0.2, 0.25) is 0 Å². The molecule has 2 heterocycles. The van der Waals surface area contributed by atoms with Crippen molar-refractivity contribution in [3.63, 3.8) is 0 Å². The summed E-state index contributed by atoms with van der Waals surface area (Å²) in [7, 11) is 0. The van der Waals surface area contributed by atoms with Crippen LogP contribution in [0.1, 0.15) is 12.7 Å². The zero-order valence-electron chi connectivity index (χ0n) is 11.4. The molecule has 21 heavy (non-hydrogen) atoms. The first-order valence-electron chi connectivity index (χ1n) is 6.48. The molecule has 0 amide bonds. The Morgan fingerprint density at radius 1 is 1.24 bits per heavy atom. The van der Waals surface area contributed by atoms with Gasteiger partial charge in [0.05, 0.1) is 17.6 Å². The van der Waals surface area contributed by atoms with Crippen LogP contribution in [0, 0.1) is 0 Å². The monoisotopic (exact) mass is 285 g/mol. The van der Waals surface area contributed by atoms with Gasteiger partial charge in [0.2, 0.25) is 5.79 Å². The van der Waals surface area contributed by atoms with E-state index in [1.54, 1.807) is 19.3 Å². The van der Waals surface area contributed by atoms with Crippen molar-refractivity contribution in [3.8, 4) is 0 Å². The second kappa shape index (κ2) is 4.90. The number of hydrogen-bond donors (Lipinski definition) is 4. The first-order chi connectivity index (χ1) is 10.1. The number of fused-ring (bicyclic) bond motifs is 1. The van der Waals surface area contributed by atoms with Crippen LogP contribution in [0.15, 0.2) is 58.9 Å². The van der Waals surface area contributed by atoms with Crippen molar-refractivity contribution in [2.75, 3.05) is 10.6 Å². The van der Waals surface area contributed by atoms with E-state index < -0.39 is 11.8 Å². The zero-order chi connectivity index (χ0) is 14.9. The summed E-state index contributed by atoms with van der Waals surface area (Å²) in [5.41, 5.74) is 2.31. The van der Waals surface area contributed by atoms with Crippen LogP contribution in [-0.4, -0.2) is 11.1 Å². The van der Waals surface area contributed by atoms with Gasteiger partial charge in [-0.2, -0.15) is 0 Å². The summed E-state index contributed by atoms with van der Waals surface area (Å²) in [6.07, 6.45) is 2.68. The van der Waals surface area contributed by atoms with Crippen molar-refractivity contribution in [1.82, 2.24) is 5.32 Å². The summed E-state index contributed by atoms with van der Waals surface area (Å²) in [5, 5.41) is 18.6. The number of allylic oxidation sites excluding steroid dienone is 1. The molecular weight excluding hydrogens is 270 g/mol. The molecule has 0 saturated carbocycles. The van der Waals surface area contributed by atoms with E-state index in [-0.39, 0.29) is 0 Å². The van der Waals surface area contributed by atoms with E-state index in [1.807, 2.05) is 30.3 Å². The van der Waals surface area contributed by atoms with E-state index in [9.17, 15) is 4.79 Å². The number of anilines is 2. The van der Waals surface area contributed by atoms with Gasteiger partial charge in [-0.05, 0) is 31.2 Å². The lowest BCUT2D eigenvalue weighted by atomic mass is 10.2. The van der Waals surface area contributed by atoms with Crippen LogP contribution in [0.3, 0.4) is 0 Å². The molecule has 0 bridgehead atoms. The molecule has 1 aromatic carbocycles. The van der Waals surface area contributed by atoms with Crippen LogP contribution in [-0.2, 0) is 10.6 Å². The van der Waals surface area contributed by atoms with Crippen molar-refractivity contribution in [3.05, 3.63) is 60.2 Å². The average molecular weight is 285 g/mol. The summed E-state index contributed by atoms with van der Waals surface area (Å²) in [6.45, 7) is 1.69. The Hall–Kier alpha value is -2.89. The predicted octanol–water partition coefficient (Wildman–Crippen LogP) is 2.51. The summed E-state index contributed by atoms with van der Waals surface area (Å²) >= 11 is 0. The highest BCUT2D eigenvalue weighted by molar-refractivity contribution is 5.81. The summed E-state index contributed by atoms with van der Waals surface area (Å²) in [5.74, 6) is -1.31. The highest BCUT2D eigenvalue weighted by Gasteiger charge is 2.40. The maximum absolute atomic E-state index is 10.8. The van der Waals surface area contributed by atoms with Gasteiger partial charge in [-0.1, -0.05) is 12.1 Å². The fourth-order valence-corrected chi connectivity index (χ4v) is 2.39. The van der Waals surface area contributed by atoms with Gasteiger partial charge in [0.25, 0.3) is 0 Å². The highest BCUT2D eigenvalue weighted by Crippen LogP contribution is 2.38. The Labute approximate surface area is 121 Å². The largest absolute Gasteiger partial charge is 0.478 e. The quantitative estimate of drug-likeness (QED) is 0.646. The van der Waals surface area contributed by atoms with Gasteiger partial charge in [0.15, 0.2) is 5.76 Å². The van der Waals surface area contributed by atoms with Gasteiger partial charge in [-0.25, -0.2) is 4.79 Å². The van der Waals surface area contributed by atoms with Crippen molar-refractivity contribution < 1.29 is 14.3 Å². The van der Waals surface area contributed by atoms with Crippen molar-refractivity contribution in [2.24, 2.45) is 0 Å². The maximum atomic E-state index is 10.8. The summed E-state index contributed by atoms with van der Waals surface area (Å²) < 4.78 is 5.50. The maximum Gasteiger partial charge on any atom is 0.330 e. The number of carbonyl (C=O) groups is 1. The smallest absolute Gasteiger partial charge is 0.330 e. The molecule has 0 radical (unpaired) electrons. The third-order valence-corrected chi connectivity index (χ3v) is 3.19. The van der Waals surface area contributed by atoms with Crippen molar-refractivity contribution in [1.29, 1.82) is 0 Å². The second-order valence-electron chi connectivity index (χ2n) is 4.81. The summed E-state index contributed by atoms with van der Waals surface area (Å²) in [6, 6.07) is 11.3. The molecule has 0 atom stereocenters. The van der Waals surface area contributed by atoms with E-state index in [0.29, 0.717) is 11.5 Å². The second-order valence-corrected chi connectivity index (χ2v) is 4.81. The molecule has 108 valence electrons. The average Bonchev–Trinajstić information content (AvgIpc) is 3.04. The first-order valence-corrected chi connectivity index (χ1v) is 6.48. The highest BCUT2D eigenvalue weighted by atomic mass is 16.4. The third kappa shape index (κ3) is 2.43. The van der Waals surface area contributed by atoms with E-state index >= 15 is 0 Å². The van der Waals surface area contributed by atoms with Crippen LogP contribution < -0.4 is 16.0 Å². The van der Waals surface area contributed by atoms with Crippen molar-refractivity contribution >= 4 is 17.3 Å². The van der Waals surface area contributed by atoms with Gasteiger partial charge in [-0.15, -0.1) is 0 Å². The number of hydrogen-bond acceptors (Lipinski definition) is 5. The van der Waals surface area contributed by atoms with E-state index in [2.05, 4.69) is 16.0 Å².